The van der Waals surface area contributed by atoms with E-state index in [0.29, 0.717) is 11.3 Å². The molecule has 5 heteroatoms. The highest BCUT2D eigenvalue weighted by atomic mass is 19.1. The predicted octanol–water partition coefficient (Wildman–Crippen LogP) is 3.32. The first-order valence-corrected chi connectivity index (χ1v) is 6.80. The van der Waals surface area contributed by atoms with Gasteiger partial charge in [-0.25, -0.2) is 9.18 Å². The summed E-state index contributed by atoms with van der Waals surface area (Å²) in [6, 6.07) is 12.3. The number of esters is 1. The van der Waals surface area contributed by atoms with Crippen LogP contribution in [0.15, 0.2) is 48.5 Å². The summed E-state index contributed by atoms with van der Waals surface area (Å²) in [6.45, 7) is 3.34. The fourth-order valence-corrected chi connectivity index (χ4v) is 1.83. The van der Waals surface area contributed by atoms with Gasteiger partial charge in [-0.1, -0.05) is 17.7 Å². The Balaban J connectivity index is 1.96. The van der Waals surface area contributed by atoms with Gasteiger partial charge in [0.15, 0.2) is 6.10 Å². The summed E-state index contributed by atoms with van der Waals surface area (Å²) in [6.07, 6.45) is -0.960. The minimum absolute atomic E-state index is 0.390. The molecule has 0 spiro atoms. The Kier molecular flexibility index (Phi) is 4.88. The lowest BCUT2D eigenvalue weighted by Gasteiger charge is -2.13. The number of anilines is 1. The molecule has 0 aliphatic carbocycles. The quantitative estimate of drug-likeness (QED) is 0.881. The standard InChI is InChI=1S/C17H16FNO3/c1-11-4-3-5-13(10-11)17(21)22-12(2)16(20)19-15-8-6-14(18)7-9-15/h3-10,12H,1-2H3,(H,19,20)/t12-/m1/s1. The Hall–Kier alpha value is -2.69. The number of carbonyl (C=O) groups is 2. The second-order valence-corrected chi connectivity index (χ2v) is 4.91. The van der Waals surface area contributed by atoms with Gasteiger partial charge in [-0.05, 0) is 50.2 Å². The molecule has 22 heavy (non-hydrogen) atoms. The molecule has 114 valence electrons. The zero-order valence-electron chi connectivity index (χ0n) is 12.3. The monoisotopic (exact) mass is 301 g/mol. The summed E-state index contributed by atoms with van der Waals surface area (Å²) in [5.74, 6) is -1.44. The molecule has 0 aromatic heterocycles. The Labute approximate surface area is 127 Å². The first-order valence-electron chi connectivity index (χ1n) is 6.80. The summed E-state index contributed by atoms with van der Waals surface area (Å²) < 4.78 is 17.9. The van der Waals surface area contributed by atoms with Gasteiger partial charge in [0.05, 0.1) is 5.56 Å². The van der Waals surface area contributed by atoms with Crippen molar-refractivity contribution < 1.29 is 18.7 Å². The lowest BCUT2D eigenvalue weighted by Crippen LogP contribution is -2.30. The zero-order chi connectivity index (χ0) is 16.1. The maximum absolute atomic E-state index is 12.8. The molecule has 0 aliphatic heterocycles. The molecule has 1 N–H and O–H groups in total. The number of carbonyl (C=O) groups excluding carboxylic acids is 2. The largest absolute Gasteiger partial charge is 0.449 e. The van der Waals surface area contributed by atoms with E-state index in [-0.39, 0.29) is 0 Å². The number of nitrogens with one attached hydrogen (secondary N) is 1. The van der Waals surface area contributed by atoms with Crippen LogP contribution in [0.25, 0.3) is 0 Å². The summed E-state index contributed by atoms with van der Waals surface area (Å²) in [7, 11) is 0. The van der Waals surface area contributed by atoms with E-state index in [1.807, 2.05) is 13.0 Å². The maximum atomic E-state index is 12.8. The van der Waals surface area contributed by atoms with Gasteiger partial charge in [0.1, 0.15) is 5.82 Å². The molecule has 2 aromatic carbocycles. The van der Waals surface area contributed by atoms with Gasteiger partial charge in [-0.3, -0.25) is 4.79 Å². The highest BCUT2D eigenvalue weighted by Crippen LogP contribution is 2.11. The van der Waals surface area contributed by atoms with Crippen molar-refractivity contribution in [2.75, 3.05) is 5.32 Å². The van der Waals surface area contributed by atoms with Crippen LogP contribution in [0.2, 0.25) is 0 Å². The van der Waals surface area contributed by atoms with Gasteiger partial charge in [0.25, 0.3) is 5.91 Å². The van der Waals surface area contributed by atoms with Crippen molar-refractivity contribution in [3.8, 4) is 0 Å². The van der Waals surface area contributed by atoms with E-state index in [1.165, 1.54) is 31.2 Å². The van der Waals surface area contributed by atoms with Crippen LogP contribution in [-0.2, 0) is 9.53 Å². The van der Waals surface area contributed by atoms with Crippen molar-refractivity contribution in [1.82, 2.24) is 0 Å². The Morgan fingerprint density at radius 3 is 2.45 bits per heavy atom. The van der Waals surface area contributed by atoms with Crippen LogP contribution in [0, 0.1) is 12.7 Å². The van der Waals surface area contributed by atoms with Crippen molar-refractivity contribution in [2.45, 2.75) is 20.0 Å². The molecule has 0 fully saturated rings. The van der Waals surface area contributed by atoms with Gasteiger partial charge in [0, 0.05) is 5.69 Å². The molecule has 0 unspecified atom stereocenters. The molecule has 0 radical (unpaired) electrons. The normalized spacial score (nSPS) is 11.6. The smallest absolute Gasteiger partial charge is 0.338 e. The van der Waals surface area contributed by atoms with Crippen LogP contribution in [-0.4, -0.2) is 18.0 Å². The summed E-state index contributed by atoms with van der Waals surface area (Å²) in [5.41, 5.74) is 1.75. The minimum atomic E-state index is -0.960. The number of rotatable bonds is 4. The number of halogens is 1. The molecule has 2 rings (SSSR count). The number of amides is 1. The average Bonchev–Trinajstić information content (AvgIpc) is 2.49. The van der Waals surface area contributed by atoms with Gasteiger partial charge < -0.3 is 10.1 Å². The number of aryl methyl sites for hydroxylation is 1. The van der Waals surface area contributed by atoms with Crippen LogP contribution < -0.4 is 5.32 Å². The maximum Gasteiger partial charge on any atom is 0.338 e. The zero-order valence-corrected chi connectivity index (χ0v) is 12.3. The van der Waals surface area contributed by atoms with Gasteiger partial charge >= 0.3 is 5.97 Å². The van der Waals surface area contributed by atoms with Crippen molar-refractivity contribution in [3.05, 3.63) is 65.5 Å². The Morgan fingerprint density at radius 1 is 1.14 bits per heavy atom. The summed E-state index contributed by atoms with van der Waals surface area (Å²) in [4.78, 5) is 23.9. The molecule has 2 aromatic rings. The summed E-state index contributed by atoms with van der Waals surface area (Å²) >= 11 is 0. The average molecular weight is 301 g/mol. The predicted molar refractivity (Wildman–Crippen MR) is 81.1 cm³/mol. The van der Waals surface area contributed by atoms with Gasteiger partial charge in [0.2, 0.25) is 0 Å². The molecule has 0 aliphatic rings. The molecular weight excluding hydrogens is 285 g/mol. The molecule has 4 nitrogen and oxygen atoms in total. The van der Waals surface area contributed by atoms with Crippen LogP contribution in [0.5, 0.6) is 0 Å². The number of hydrogen-bond donors (Lipinski definition) is 1. The van der Waals surface area contributed by atoms with Crippen LogP contribution >= 0.6 is 0 Å². The molecule has 0 saturated carbocycles. The van der Waals surface area contributed by atoms with Crippen LogP contribution in [0.3, 0.4) is 0 Å². The SMILES string of the molecule is Cc1cccc(C(=O)O[C@H](C)C(=O)Nc2ccc(F)cc2)c1. The van der Waals surface area contributed by atoms with Crippen LogP contribution in [0.1, 0.15) is 22.8 Å². The van der Waals surface area contributed by atoms with E-state index < -0.39 is 23.8 Å². The van der Waals surface area contributed by atoms with Crippen molar-refractivity contribution in [1.29, 1.82) is 0 Å². The number of benzene rings is 2. The first kappa shape index (κ1) is 15.7. The van der Waals surface area contributed by atoms with E-state index in [2.05, 4.69) is 5.32 Å². The fourth-order valence-electron chi connectivity index (χ4n) is 1.83. The van der Waals surface area contributed by atoms with Crippen molar-refractivity contribution in [3.63, 3.8) is 0 Å². The van der Waals surface area contributed by atoms with E-state index in [9.17, 15) is 14.0 Å². The van der Waals surface area contributed by atoms with Crippen molar-refractivity contribution >= 4 is 17.6 Å². The first-order chi connectivity index (χ1) is 10.5. The molecule has 1 atom stereocenters. The Morgan fingerprint density at radius 2 is 1.82 bits per heavy atom. The fraction of sp³-hybridized carbons (Fsp3) is 0.176. The third-order valence-electron chi connectivity index (χ3n) is 3.02. The molecule has 0 bridgehead atoms. The molecular formula is C17H16FNO3. The number of ether oxygens (including phenoxy) is 1. The van der Waals surface area contributed by atoms with E-state index in [0.717, 1.165) is 5.56 Å². The second kappa shape index (κ2) is 6.85. The highest BCUT2D eigenvalue weighted by molar-refractivity contribution is 5.97. The van der Waals surface area contributed by atoms with Crippen LogP contribution in [0.4, 0.5) is 10.1 Å². The highest BCUT2D eigenvalue weighted by Gasteiger charge is 2.19. The van der Waals surface area contributed by atoms with E-state index in [1.54, 1.807) is 18.2 Å². The molecule has 0 heterocycles. The van der Waals surface area contributed by atoms with Crippen molar-refractivity contribution in [2.24, 2.45) is 0 Å². The minimum Gasteiger partial charge on any atom is -0.449 e. The second-order valence-electron chi connectivity index (χ2n) is 4.91. The number of hydrogen-bond acceptors (Lipinski definition) is 3. The van der Waals surface area contributed by atoms with Gasteiger partial charge in [-0.2, -0.15) is 0 Å². The van der Waals surface area contributed by atoms with E-state index in [4.69, 9.17) is 4.74 Å². The lowest BCUT2D eigenvalue weighted by molar-refractivity contribution is -0.123. The topological polar surface area (TPSA) is 55.4 Å². The van der Waals surface area contributed by atoms with Gasteiger partial charge in [-0.15, -0.1) is 0 Å². The third-order valence-corrected chi connectivity index (χ3v) is 3.02. The molecule has 1 amide bonds. The Bertz CT molecular complexity index is 683. The van der Waals surface area contributed by atoms with E-state index >= 15 is 0 Å². The third kappa shape index (κ3) is 4.15. The lowest BCUT2D eigenvalue weighted by atomic mass is 10.1. The molecule has 0 saturated heterocycles. The summed E-state index contributed by atoms with van der Waals surface area (Å²) in [5, 5.41) is 2.55.